The minimum absolute atomic E-state index is 0.00440. The monoisotopic (exact) mass is 604 g/mol. The van der Waals surface area contributed by atoms with Crippen molar-refractivity contribution >= 4 is 23.8 Å². The molecule has 2 aromatic heterocycles. The molecule has 0 saturated heterocycles. The highest BCUT2D eigenvalue weighted by molar-refractivity contribution is 5.92. The van der Waals surface area contributed by atoms with Crippen LogP contribution in [0.4, 0.5) is 5.69 Å². The van der Waals surface area contributed by atoms with Gasteiger partial charge in [-0.25, -0.2) is 10.2 Å². The second kappa shape index (κ2) is 14.1. The van der Waals surface area contributed by atoms with Gasteiger partial charge in [0.05, 0.1) is 24.4 Å². The minimum Gasteiger partial charge on any atom is -0.493 e. The van der Waals surface area contributed by atoms with E-state index in [1.165, 1.54) is 25.5 Å². The number of furan rings is 1. The Kier molecular flexibility index (Phi) is 10.0. The van der Waals surface area contributed by atoms with Gasteiger partial charge >= 0.3 is 17.6 Å². The molecule has 2 heterocycles. The summed E-state index contributed by atoms with van der Waals surface area (Å²) in [7, 11) is 1.29. The van der Waals surface area contributed by atoms with Crippen molar-refractivity contribution in [2.75, 3.05) is 13.7 Å². The number of nitrogens with zero attached hydrogens (tertiary/aromatic N) is 3. The number of hydrogen-bond donors (Lipinski definition) is 1. The molecule has 0 unspecified atom stereocenters. The normalized spacial score (nSPS) is 11.0. The topological polar surface area (TPSA) is 157 Å². The first kappa shape index (κ1) is 31.3. The summed E-state index contributed by atoms with van der Waals surface area (Å²) in [4.78, 5) is 35.4. The van der Waals surface area contributed by atoms with Gasteiger partial charge in [-0.2, -0.15) is 5.10 Å². The maximum Gasteiger partial charge on any atom is 0.344 e. The van der Waals surface area contributed by atoms with E-state index in [1.807, 2.05) is 38.1 Å². The van der Waals surface area contributed by atoms with Crippen LogP contribution >= 0.6 is 0 Å². The number of carbonyl (C=O) groups is 2. The molecule has 0 aliphatic carbocycles. The number of amides is 1. The highest BCUT2D eigenvalue weighted by Gasteiger charge is 2.23. The lowest BCUT2D eigenvalue weighted by Crippen LogP contribution is -2.19. The van der Waals surface area contributed by atoms with Crippen molar-refractivity contribution in [3.8, 4) is 22.9 Å². The molecule has 13 nitrogen and oxygen atoms in total. The van der Waals surface area contributed by atoms with Crippen LogP contribution in [0.1, 0.15) is 47.1 Å². The molecule has 1 N–H and O–H groups in total. The third kappa shape index (κ3) is 7.82. The summed E-state index contributed by atoms with van der Waals surface area (Å²) in [5.74, 6) is -0.524. The molecule has 0 aliphatic rings. The smallest absolute Gasteiger partial charge is 0.344 e. The Morgan fingerprint density at radius 1 is 1.05 bits per heavy atom. The van der Waals surface area contributed by atoms with Crippen molar-refractivity contribution in [3.05, 3.63) is 99.2 Å². The first-order chi connectivity index (χ1) is 21.0. The molecule has 1 amide bonds. The average Bonchev–Trinajstić information content (AvgIpc) is 3.60. The van der Waals surface area contributed by atoms with Crippen LogP contribution in [0, 0.1) is 24.0 Å². The average molecular weight is 605 g/mol. The van der Waals surface area contributed by atoms with Gasteiger partial charge in [0.2, 0.25) is 5.75 Å². The van der Waals surface area contributed by atoms with Gasteiger partial charge in [0, 0.05) is 28.7 Å². The quantitative estimate of drug-likeness (QED) is 0.0928. The summed E-state index contributed by atoms with van der Waals surface area (Å²) in [6.07, 6.45) is 0.822. The maximum absolute atomic E-state index is 12.5. The molecule has 230 valence electrons. The highest BCUT2D eigenvalue weighted by atomic mass is 16.6. The molecule has 0 fully saturated rings. The zero-order valence-electron chi connectivity index (χ0n) is 24.9. The lowest BCUT2D eigenvalue weighted by molar-refractivity contribution is -0.385. The largest absolute Gasteiger partial charge is 0.493 e. The predicted octanol–water partition coefficient (Wildman–Crippen LogP) is 5.28. The van der Waals surface area contributed by atoms with Crippen LogP contribution in [0.5, 0.6) is 17.2 Å². The molecule has 4 rings (SSSR count). The number of hydrazone groups is 1. The Morgan fingerprint density at radius 3 is 2.39 bits per heavy atom. The molecular weight excluding hydrogens is 572 g/mol. The standard InChI is InChI=1S/C31H32N4O9/c1-19(2)43-29(36)18-42-30-26(35(38)39)14-22(15-28(30)40-5)16-32-33-31(37)27-13-12-25(44-27)17-41-24-10-8-23(9-11-24)34-20(3)6-7-21(34)4/h6-16,19H,17-18H2,1-5H3,(H,33,37)/b32-16+. The fraction of sp³-hybridized carbons (Fsp3) is 0.258. The summed E-state index contributed by atoms with van der Waals surface area (Å²) in [5.41, 5.74) is 5.37. The molecule has 0 radical (unpaired) electrons. The van der Waals surface area contributed by atoms with Gasteiger partial charge < -0.3 is 27.9 Å². The Hall–Kier alpha value is -5.59. The Morgan fingerprint density at radius 2 is 1.75 bits per heavy atom. The van der Waals surface area contributed by atoms with E-state index in [1.54, 1.807) is 19.9 Å². The predicted molar refractivity (Wildman–Crippen MR) is 160 cm³/mol. The number of aryl methyl sites for hydroxylation is 2. The zero-order valence-corrected chi connectivity index (χ0v) is 24.9. The zero-order chi connectivity index (χ0) is 31.8. The first-order valence-corrected chi connectivity index (χ1v) is 13.5. The number of aromatic nitrogens is 1. The number of nitro benzene ring substituents is 1. The Bertz CT molecular complexity index is 1650. The van der Waals surface area contributed by atoms with Crippen molar-refractivity contribution < 1.29 is 37.9 Å². The number of esters is 1. The van der Waals surface area contributed by atoms with Gasteiger partial charge in [0.15, 0.2) is 18.1 Å². The number of benzene rings is 2. The number of rotatable bonds is 13. The molecular formula is C31H32N4O9. The summed E-state index contributed by atoms with van der Waals surface area (Å²) in [6.45, 7) is 6.98. The van der Waals surface area contributed by atoms with E-state index in [0.717, 1.165) is 23.1 Å². The second-order valence-electron chi connectivity index (χ2n) is 9.85. The summed E-state index contributed by atoms with van der Waals surface area (Å²) < 4.78 is 29.1. The summed E-state index contributed by atoms with van der Waals surface area (Å²) in [6, 6.07) is 17.4. The molecule has 0 spiro atoms. The van der Waals surface area contributed by atoms with Gasteiger partial charge in [-0.3, -0.25) is 14.9 Å². The summed E-state index contributed by atoms with van der Waals surface area (Å²) in [5, 5.41) is 15.5. The van der Waals surface area contributed by atoms with Crippen molar-refractivity contribution in [1.29, 1.82) is 0 Å². The molecule has 0 saturated carbocycles. The van der Waals surface area contributed by atoms with Crippen LogP contribution in [0.15, 0.2) is 70.2 Å². The molecule has 4 aromatic rings. The fourth-order valence-corrected chi connectivity index (χ4v) is 4.26. The number of ether oxygens (including phenoxy) is 4. The van der Waals surface area contributed by atoms with E-state index in [-0.39, 0.29) is 35.5 Å². The van der Waals surface area contributed by atoms with E-state index in [2.05, 4.69) is 27.2 Å². The van der Waals surface area contributed by atoms with Gasteiger partial charge in [0.1, 0.15) is 18.1 Å². The van der Waals surface area contributed by atoms with Crippen molar-refractivity contribution in [2.24, 2.45) is 5.10 Å². The number of nitrogens with one attached hydrogen (secondary N) is 1. The lowest BCUT2D eigenvalue weighted by atomic mass is 10.2. The SMILES string of the molecule is COc1cc(/C=N/NC(=O)c2ccc(COc3ccc(-n4c(C)ccc4C)cc3)o2)cc([N+](=O)[O-])c1OCC(=O)OC(C)C. The third-order valence-corrected chi connectivity index (χ3v) is 6.19. The van der Waals surface area contributed by atoms with Crippen LogP contribution in [0.2, 0.25) is 0 Å². The van der Waals surface area contributed by atoms with E-state index >= 15 is 0 Å². The molecule has 0 bridgehead atoms. The van der Waals surface area contributed by atoms with E-state index in [0.29, 0.717) is 11.5 Å². The fourth-order valence-electron chi connectivity index (χ4n) is 4.26. The van der Waals surface area contributed by atoms with Crippen LogP contribution in [-0.2, 0) is 16.1 Å². The number of hydrogen-bond acceptors (Lipinski definition) is 10. The van der Waals surface area contributed by atoms with Gasteiger partial charge in [-0.15, -0.1) is 0 Å². The number of methoxy groups -OCH3 is 1. The van der Waals surface area contributed by atoms with Crippen LogP contribution in [-0.4, -0.2) is 47.4 Å². The Labute approximate surface area is 253 Å². The van der Waals surface area contributed by atoms with Crippen LogP contribution in [0.3, 0.4) is 0 Å². The van der Waals surface area contributed by atoms with Crippen molar-refractivity contribution in [1.82, 2.24) is 9.99 Å². The van der Waals surface area contributed by atoms with E-state index in [4.69, 9.17) is 23.4 Å². The minimum atomic E-state index is -0.690. The van der Waals surface area contributed by atoms with Crippen molar-refractivity contribution in [3.63, 3.8) is 0 Å². The molecule has 13 heteroatoms. The molecule has 2 aromatic carbocycles. The second-order valence-corrected chi connectivity index (χ2v) is 9.85. The molecule has 0 aliphatic heterocycles. The summed E-state index contributed by atoms with van der Waals surface area (Å²) >= 11 is 0. The highest BCUT2D eigenvalue weighted by Crippen LogP contribution is 2.38. The Balaban J connectivity index is 1.35. The third-order valence-electron chi connectivity index (χ3n) is 6.19. The molecule has 44 heavy (non-hydrogen) atoms. The maximum atomic E-state index is 12.5. The lowest BCUT2D eigenvalue weighted by Gasteiger charge is -2.12. The van der Waals surface area contributed by atoms with E-state index in [9.17, 15) is 19.7 Å². The number of carbonyl (C=O) groups excluding carboxylic acids is 2. The van der Waals surface area contributed by atoms with Gasteiger partial charge in [-0.05, 0) is 82.3 Å². The van der Waals surface area contributed by atoms with Crippen LogP contribution in [0.25, 0.3) is 5.69 Å². The van der Waals surface area contributed by atoms with Crippen LogP contribution < -0.4 is 19.6 Å². The van der Waals surface area contributed by atoms with Crippen molar-refractivity contribution in [2.45, 2.75) is 40.4 Å². The van der Waals surface area contributed by atoms with Gasteiger partial charge in [0.25, 0.3) is 0 Å². The first-order valence-electron chi connectivity index (χ1n) is 13.5. The number of nitro groups is 1. The molecule has 0 atom stereocenters. The van der Waals surface area contributed by atoms with Gasteiger partial charge in [-0.1, -0.05) is 0 Å². The van der Waals surface area contributed by atoms with E-state index < -0.39 is 29.1 Å².